The number of fused-ring (bicyclic) bond motifs is 1. The van der Waals surface area contributed by atoms with Crippen molar-refractivity contribution in [2.75, 3.05) is 51.3 Å². The fraction of sp³-hybridized carbons (Fsp3) is 0.382. The van der Waals surface area contributed by atoms with Gasteiger partial charge in [0.1, 0.15) is 6.07 Å². The Kier molecular flexibility index (Phi) is 9.79. The van der Waals surface area contributed by atoms with Gasteiger partial charge in [-0.05, 0) is 55.2 Å². The van der Waals surface area contributed by atoms with E-state index < -0.39 is 18.2 Å². The molecular weight excluding hydrogens is 622 g/mol. The number of aliphatic hydroxyl groups is 1. The van der Waals surface area contributed by atoms with Crippen molar-refractivity contribution in [1.82, 2.24) is 29.5 Å². The van der Waals surface area contributed by atoms with Gasteiger partial charge in [0, 0.05) is 73.9 Å². The molecule has 0 bridgehead atoms. The molecule has 0 aliphatic carbocycles. The maximum atomic E-state index is 15.0. The number of carbonyl (C=O) groups is 2. The minimum atomic E-state index is -1.20. The number of hydrogen-bond acceptors (Lipinski definition) is 9. The van der Waals surface area contributed by atoms with Gasteiger partial charge < -0.3 is 30.3 Å². The summed E-state index contributed by atoms with van der Waals surface area (Å²) in [5, 5.41) is 24.6. The number of aromatic nitrogens is 3. The number of piperidine rings is 1. The second-order valence-corrected chi connectivity index (χ2v) is 11.8. The Morgan fingerprint density at radius 2 is 1.94 bits per heavy atom. The van der Waals surface area contributed by atoms with Crippen LogP contribution in [0.15, 0.2) is 48.9 Å². The van der Waals surface area contributed by atoms with Crippen LogP contribution in [0.5, 0.6) is 5.75 Å². The molecule has 3 N–H and O–H groups in total. The summed E-state index contributed by atoms with van der Waals surface area (Å²) in [4.78, 5) is 39.2. The lowest BCUT2D eigenvalue weighted by Gasteiger charge is -2.38. The monoisotopic (exact) mass is 658 g/mol. The molecule has 2 aromatic carbocycles. The number of imidazole rings is 1. The highest BCUT2D eigenvalue weighted by Gasteiger charge is 2.33. The molecule has 0 saturated carbocycles. The number of halogens is 2. The fourth-order valence-electron chi connectivity index (χ4n) is 6.37. The highest BCUT2D eigenvalue weighted by molar-refractivity contribution is 5.96. The molecule has 2 saturated heterocycles. The molecule has 2 amide bonds. The van der Waals surface area contributed by atoms with Crippen molar-refractivity contribution in [2.45, 2.75) is 32.2 Å². The Labute approximate surface area is 276 Å². The van der Waals surface area contributed by atoms with Gasteiger partial charge in [0.2, 0.25) is 11.7 Å². The van der Waals surface area contributed by atoms with E-state index in [2.05, 4.69) is 20.6 Å². The first-order valence-corrected chi connectivity index (χ1v) is 15.9. The second-order valence-electron chi connectivity index (χ2n) is 11.8. The molecule has 2 aliphatic rings. The van der Waals surface area contributed by atoms with Crippen molar-refractivity contribution in [2.24, 2.45) is 5.92 Å². The zero-order valence-corrected chi connectivity index (χ0v) is 26.5. The van der Waals surface area contributed by atoms with Crippen LogP contribution in [-0.4, -0.2) is 93.1 Å². The van der Waals surface area contributed by atoms with E-state index in [0.29, 0.717) is 80.4 Å². The number of nitrogens with one attached hydrogen (secondary N) is 2. The number of anilines is 2. The minimum Gasteiger partial charge on any atom is -0.476 e. The number of piperazine rings is 1. The molecule has 0 unspecified atom stereocenters. The van der Waals surface area contributed by atoms with Crippen LogP contribution in [0, 0.1) is 28.9 Å². The Balaban J connectivity index is 1.15. The van der Waals surface area contributed by atoms with Crippen molar-refractivity contribution in [3.8, 4) is 23.1 Å². The molecule has 2 aromatic heterocycles. The molecule has 4 aromatic rings. The summed E-state index contributed by atoms with van der Waals surface area (Å²) in [5.74, 6) is -2.43. The van der Waals surface area contributed by atoms with Crippen molar-refractivity contribution in [3.63, 3.8) is 0 Å². The van der Waals surface area contributed by atoms with Crippen molar-refractivity contribution in [3.05, 3.63) is 71.7 Å². The third kappa shape index (κ3) is 6.51. The summed E-state index contributed by atoms with van der Waals surface area (Å²) in [6.07, 6.45) is 6.31. The van der Waals surface area contributed by atoms with Crippen molar-refractivity contribution < 1.29 is 28.2 Å². The number of rotatable bonds is 9. The lowest BCUT2D eigenvalue weighted by molar-refractivity contribution is -0.138. The molecule has 1 atom stereocenters. The highest BCUT2D eigenvalue weighted by Crippen LogP contribution is 2.32. The van der Waals surface area contributed by atoms with E-state index in [1.807, 2.05) is 17.9 Å². The lowest BCUT2D eigenvalue weighted by atomic mass is 9.93. The quantitative estimate of drug-likeness (QED) is 0.246. The molecule has 48 heavy (non-hydrogen) atoms. The van der Waals surface area contributed by atoms with Crippen LogP contribution in [0.25, 0.3) is 16.9 Å². The molecule has 6 rings (SSSR count). The SMILES string of the molecule is CCc1cc(Nc2nccn3c(-c4ccc(OCC#N)c(F)c4F)cnc23)ccc1C(=O)N1CCC(C(=O)N2CCN[C@@H](CO)C2)CC1. The second kappa shape index (κ2) is 14.3. The molecule has 12 nitrogen and oxygen atoms in total. The summed E-state index contributed by atoms with van der Waals surface area (Å²) in [7, 11) is 0. The van der Waals surface area contributed by atoms with Crippen molar-refractivity contribution in [1.29, 1.82) is 5.26 Å². The molecule has 14 heteroatoms. The van der Waals surface area contributed by atoms with Gasteiger partial charge in [0.15, 0.2) is 29.6 Å². The lowest BCUT2D eigenvalue weighted by Crippen LogP contribution is -2.56. The topological polar surface area (TPSA) is 148 Å². The predicted molar refractivity (Wildman–Crippen MR) is 173 cm³/mol. The number of nitriles is 1. The molecule has 2 fully saturated rings. The molecule has 4 heterocycles. The highest BCUT2D eigenvalue weighted by atomic mass is 19.2. The Morgan fingerprint density at radius 1 is 1.12 bits per heavy atom. The number of nitrogens with zero attached hydrogens (tertiary/aromatic N) is 6. The van der Waals surface area contributed by atoms with Gasteiger partial charge in [0.05, 0.1) is 18.5 Å². The first-order valence-electron chi connectivity index (χ1n) is 15.9. The van der Waals surface area contributed by atoms with Crippen LogP contribution >= 0.6 is 0 Å². The maximum absolute atomic E-state index is 15.0. The van der Waals surface area contributed by atoms with E-state index in [9.17, 15) is 19.1 Å². The molecule has 2 aliphatic heterocycles. The van der Waals surface area contributed by atoms with Gasteiger partial charge in [-0.1, -0.05) is 6.92 Å². The average molecular weight is 659 g/mol. The van der Waals surface area contributed by atoms with E-state index >= 15 is 4.39 Å². The summed E-state index contributed by atoms with van der Waals surface area (Å²) in [6.45, 7) is 4.30. The number of likely N-dealkylation sites (tertiary alicyclic amines) is 1. The zero-order chi connectivity index (χ0) is 33.8. The zero-order valence-electron chi connectivity index (χ0n) is 26.5. The summed E-state index contributed by atoms with van der Waals surface area (Å²) < 4.78 is 36.2. The van der Waals surface area contributed by atoms with Gasteiger partial charge in [-0.25, -0.2) is 14.4 Å². The van der Waals surface area contributed by atoms with Crippen LogP contribution in [-0.2, 0) is 11.2 Å². The van der Waals surface area contributed by atoms with Crippen LogP contribution in [0.2, 0.25) is 0 Å². The standard InChI is InChI=1S/C34H36F2N8O4/c1-2-21-17-23(3-4-25(21)34(47)42-12-7-22(8-13-42)33(46)43-14-10-38-24(19-43)20-45)41-31-32-40-18-27(44(32)15-11-39-31)26-5-6-28(48-16-9-37)30(36)29(26)35/h3-6,11,15,17-18,22,24,38,45H,2,7-8,10,12-14,16,19-20H2,1H3,(H,39,41)/t24-/m1/s1. The third-order valence-electron chi connectivity index (χ3n) is 8.94. The Bertz CT molecular complexity index is 1870. The van der Waals surface area contributed by atoms with Crippen LogP contribution in [0.3, 0.4) is 0 Å². The van der Waals surface area contributed by atoms with Crippen LogP contribution in [0.1, 0.15) is 35.7 Å². The van der Waals surface area contributed by atoms with E-state index in [1.54, 1.807) is 33.7 Å². The van der Waals surface area contributed by atoms with Gasteiger partial charge in [-0.2, -0.15) is 9.65 Å². The number of ether oxygens (including phenoxy) is 1. The number of carbonyl (C=O) groups excluding carboxylic acids is 2. The van der Waals surface area contributed by atoms with Crippen molar-refractivity contribution >= 4 is 29.0 Å². The van der Waals surface area contributed by atoms with Crippen LogP contribution in [0.4, 0.5) is 20.3 Å². The Morgan fingerprint density at radius 3 is 2.69 bits per heavy atom. The Hall–Kier alpha value is -5.13. The molecule has 0 radical (unpaired) electrons. The molecule has 0 spiro atoms. The first-order chi connectivity index (χ1) is 23.3. The predicted octanol–water partition coefficient (Wildman–Crippen LogP) is 3.53. The van der Waals surface area contributed by atoms with E-state index in [-0.39, 0.29) is 41.7 Å². The number of amides is 2. The number of aliphatic hydroxyl groups excluding tert-OH is 1. The number of aryl methyl sites for hydroxylation is 1. The number of hydrogen-bond donors (Lipinski definition) is 3. The first kappa shape index (κ1) is 32.8. The largest absolute Gasteiger partial charge is 0.476 e. The number of benzene rings is 2. The van der Waals surface area contributed by atoms with Gasteiger partial charge in [0.25, 0.3) is 5.91 Å². The maximum Gasteiger partial charge on any atom is 0.254 e. The van der Waals surface area contributed by atoms with E-state index in [0.717, 1.165) is 5.56 Å². The van der Waals surface area contributed by atoms with E-state index in [4.69, 9.17) is 10.00 Å². The summed E-state index contributed by atoms with van der Waals surface area (Å²) >= 11 is 0. The summed E-state index contributed by atoms with van der Waals surface area (Å²) in [6, 6.07) is 9.70. The van der Waals surface area contributed by atoms with Gasteiger partial charge >= 0.3 is 0 Å². The van der Waals surface area contributed by atoms with Gasteiger partial charge in [-0.15, -0.1) is 0 Å². The smallest absolute Gasteiger partial charge is 0.254 e. The van der Waals surface area contributed by atoms with Gasteiger partial charge in [-0.3, -0.25) is 14.0 Å². The molecular formula is C34H36F2N8O4. The van der Waals surface area contributed by atoms with E-state index in [1.165, 1.54) is 24.5 Å². The summed E-state index contributed by atoms with van der Waals surface area (Å²) in [5.41, 5.74) is 2.74. The normalized spacial score (nSPS) is 16.9. The third-order valence-corrected chi connectivity index (χ3v) is 8.94. The minimum absolute atomic E-state index is 0.0114. The molecule has 250 valence electrons. The average Bonchev–Trinajstić information content (AvgIpc) is 3.56. The fourth-order valence-corrected chi connectivity index (χ4v) is 6.37. The van der Waals surface area contributed by atoms with Crippen LogP contribution < -0.4 is 15.4 Å².